The Balaban J connectivity index is 1.36. The lowest BCUT2D eigenvalue weighted by Gasteiger charge is -2.43. The zero-order valence-corrected chi connectivity index (χ0v) is 22.9. The standard InChI is InChI=1S/C38H21BN2O2/c1-2-10-22(11-3-1)23-20-27-24-13-8-14-26-34-25-12-4-6-17-31(25)43-38(34)41(36(24)26)39-28-15-9-19-33-37(28)40(30(21-23)35(27)39)29-16-5-7-18-32(29)42-33/h1-21H. The predicted molar refractivity (Wildman–Crippen MR) is 175 cm³/mol. The molecule has 0 amide bonds. The van der Waals surface area contributed by atoms with E-state index in [0.717, 1.165) is 39.6 Å². The zero-order valence-electron chi connectivity index (χ0n) is 22.9. The Morgan fingerprint density at radius 1 is 0.581 bits per heavy atom. The van der Waals surface area contributed by atoms with E-state index in [2.05, 4.69) is 125 Å². The Hall–Kier alpha value is -5.68. The number of furan rings is 1. The molecule has 2 aromatic heterocycles. The molecular formula is C38H21BN2O2. The minimum atomic E-state index is -0.0784. The van der Waals surface area contributed by atoms with Crippen molar-refractivity contribution in [1.29, 1.82) is 0 Å². The van der Waals surface area contributed by atoms with Gasteiger partial charge < -0.3 is 18.5 Å². The number of benzene rings is 6. The molecule has 0 aliphatic carbocycles. The summed E-state index contributed by atoms with van der Waals surface area (Å²) in [6, 6.07) is 45.5. The molecule has 8 aromatic rings. The molecule has 0 radical (unpaired) electrons. The third kappa shape index (κ3) is 2.60. The van der Waals surface area contributed by atoms with Crippen molar-refractivity contribution in [1.82, 2.24) is 4.48 Å². The van der Waals surface area contributed by atoms with E-state index < -0.39 is 0 Å². The fourth-order valence-corrected chi connectivity index (χ4v) is 7.89. The zero-order chi connectivity index (χ0) is 27.8. The second kappa shape index (κ2) is 7.58. The molecule has 0 spiro atoms. The van der Waals surface area contributed by atoms with Gasteiger partial charge in [-0.1, -0.05) is 91.0 Å². The molecule has 6 aromatic carbocycles. The van der Waals surface area contributed by atoms with Crippen molar-refractivity contribution in [3.8, 4) is 33.8 Å². The summed E-state index contributed by atoms with van der Waals surface area (Å²) in [5.74, 6) is 1.74. The Kier molecular flexibility index (Phi) is 3.88. The number of nitrogens with zero attached hydrogens (tertiary/aromatic N) is 2. The van der Waals surface area contributed by atoms with Gasteiger partial charge in [0, 0.05) is 27.5 Å². The summed E-state index contributed by atoms with van der Waals surface area (Å²) in [6.45, 7) is -0.0784. The number of aromatic nitrogens is 1. The molecule has 4 nitrogen and oxygen atoms in total. The number of fused-ring (bicyclic) bond motifs is 11. The number of hydrogen-bond acceptors (Lipinski definition) is 3. The smallest absolute Gasteiger partial charge is 0.336 e. The van der Waals surface area contributed by atoms with Gasteiger partial charge in [-0.25, -0.2) is 0 Å². The van der Waals surface area contributed by atoms with Crippen molar-refractivity contribution in [2.75, 3.05) is 4.90 Å². The Morgan fingerprint density at radius 3 is 2.33 bits per heavy atom. The first-order valence-corrected chi connectivity index (χ1v) is 14.7. The first-order valence-electron chi connectivity index (χ1n) is 14.7. The fourth-order valence-electron chi connectivity index (χ4n) is 7.89. The fraction of sp³-hybridized carbons (Fsp3) is 0. The lowest BCUT2D eigenvalue weighted by atomic mass is 9.45. The highest BCUT2D eigenvalue weighted by atomic mass is 16.5. The minimum Gasteiger partial charge on any atom is -0.453 e. The van der Waals surface area contributed by atoms with Crippen LogP contribution < -0.4 is 20.6 Å². The highest BCUT2D eigenvalue weighted by Crippen LogP contribution is 2.54. The SMILES string of the molecule is c1ccc(-c2cc3c4c(c2)N2c5ccccc5Oc5cccc(c52)B4n2c4oc5ccccc5c4c4cccc-3c42)cc1. The van der Waals surface area contributed by atoms with Gasteiger partial charge in [-0.15, -0.1) is 0 Å². The van der Waals surface area contributed by atoms with Crippen LogP contribution >= 0.6 is 0 Å². The summed E-state index contributed by atoms with van der Waals surface area (Å²) >= 11 is 0. The molecule has 0 saturated heterocycles. The van der Waals surface area contributed by atoms with Crippen LogP contribution in [0.1, 0.15) is 0 Å². The number of hydrogen-bond donors (Lipinski definition) is 0. The van der Waals surface area contributed by atoms with Gasteiger partial charge in [-0.05, 0) is 64.0 Å². The normalized spacial score (nSPS) is 13.7. The van der Waals surface area contributed by atoms with Crippen molar-refractivity contribution < 1.29 is 9.15 Å². The summed E-state index contributed by atoms with van der Waals surface area (Å²) in [4.78, 5) is 2.43. The maximum atomic E-state index is 6.74. The van der Waals surface area contributed by atoms with Crippen LogP contribution in [0.2, 0.25) is 0 Å². The molecule has 3 aliphatic heterocycles. The first kappa shape index (κ1) is 22.0. The minimum absolute atomic E-state index is 0.0784. The van der Waals surface area contributed by atoms with Gasteiger partial charge >= 0.3 is 6.85 Å². The Bertz CT molecular complexity index is 2510. The van der Waals surface area contributed by atoms with Gasteiger partial charge in [-0.2, -0.15) is 0 Å². The summed E-state index contributed by atoms with van der Waals surface area (Å²) in [6.07, 6.45) is 0. The topological polar surface area (TPSA) is 30.5 Å². The van der Waals surface area contributed by atoms with Crippen LogP contribution in [0.25, 0.3) is 55.2 Å². The molecule has 11 rings (SSSR count). The molecule has 0 unspecified atom stereocenters. The molecule has 0 bridgehead atoms. The quantitative estimate of drug-likeness (QED) is 0.192. The van der Waals surface area contributed by atoms with E-state index in [1.165, 1.54) is 55.2 Å². The van der Waals surface area contributed by atoms with Crippen LogP contribution in [0.5, 0.6) is 11.5 Å². The lowest BCUT2D eigenvalue weighted by molar-refractivity contribution is 0.477. The monoisotopic (exact) mass is 548 g/mol. The van der Waals surface area contributed by atoms with Crippen LogP contribution in [-0.2, 0) is 0 Å². The van der Waals surface area contributed by atoms with Crippen LogP contribution in [0, 0.1) is 0 Å². The predicted octanol–water partition coefficient (Wildman–Crippen LogP) is 8.73. The highest BCUT2D eigenvalue weighted by molar-refractivity contribution is 6.90. The van der Waals surface area contributed by atoms with Gasteiger partial charge in [0.05, 0.1) is 16.8 Å². The third-order valence-corrected chi connectivity index (χ3v) is 9.54. The summed E-state index contributed by atoms with van der Waals surface area (Å²) < 4.78 is 15.8. The van der Waals surface area contributed by atoms with E-state index >= 15 is 0 Å². The van der Waals surface area contributed by atoms with Gasteiger partial charge in [0.15, 0.2) is 17.2 Å². The average Bonchev–Trinajstić information content (AvgIpc) is 3.60. The van der Waals surface area contributed by atoms with Crippen molar-refractivity contribution in [3.05, 3.63) is 127 Å². The van der Waals surface area contributed by atoms with E-state index in [4.69, 9.17) is 9.15 Å². The highest BCUT2D eigenvalue weighted by Gasteiger charge is 2.46. The molecule has 3 aliphatic rings. The van der Waals surface area contributed by atoms with Crippen molar-refractivity contribution >= 4 is 67.8 Å². The van der Waals surface area contributed by atoms with Gasteiger partial charge in [0.25, 0.3) is 0 Å². The second-order valence-corrected chi connectivity index (χ2v) is 11.7. The molecule has 0 atom stereocenters. The summed E-state index contributed by atoms with van der Waals surface area (Å²) in [7, 11) is 0. The average molecular weight is 548 g/mol. The summed E-state index contributed by atoms with van der Waals surface area (Å²) in [5.41, 5.74) is 13.8. The maximum absolute atomic E-state index is 6.74. The van der Waals surface area contributed by atoms with E-state index in [1.54, 1.807) is 0 Å². The molecule has 0 N–H and O–H groups in total. The maximum Gasteiger partial charge on any atom is 0.336 e. The van der Waals surface area contributed by atoms with Crippen molar-refractivity contribution in [3.63, 3.8) is 0 Å². The summed E-state index contributed by atoms with van der Waals surface area (Å²) in [5, 5.41) is 3.56. The van der Waals surface area contributed by atoms with Crippen molar-refractivity contribution in [2.45, 2.75) is 0 Å². The van der Waals surface area contributed by atoms with E-state index in [9.17, 15) is 0 Å². The van der Waals surface area contributed by atoms with Crippen molar-refractivity contribution in [2.24, 2.45) is 0 Å². The molecule has 43 heavy (non-hydrogen) atoms. The lowest BCUT2D eigenvalue weighted by Crippen LogP contribution is -2.57. The molecule has 0 fully saturated rings. The Labute approximate surface area is 247 Å². The number of para-hydroxylation sites is 5. The largest absolute Gasteiger partial charge is 0.453 e. The van der Waals surface area contributed by atoms with Crippen LogP contribution in [0.15, 0.2) is 132 Å². The van der Waals surface area contributed by atoms with Crippen LogP contribution in [0.3, 0.4) is 0 Å². The second-order valence-electron chi connectivity index (χ2n) is 11.7. The van der Waals surface area contributed by atoms with E-state index in [-0.39, 0.29) is 6.85 Å². The molecule has 198 valence electrons. The van der Waals surface area contributed by atoms with E-state index in [1.807, 2.05) is 12.1 Å². The first-order chi connectivity index (χ1) is 21.3. The van der Waals surface area contributed by atoms with Gasteiger partial charge in [0.2, 0.25) is 0 Å². The third-order valence-electron chi connectivity index (χ3n) is 9.54. The van der Waals surface area contributed by atoms with E-state index in [0.29, 0.717) is 0 Å². The van der Waals surface area contributed by atoms with Crippen LogP contribution in [-0.4, -0.2) is 11.3 Å². The number of rotatable bonds is 1. The number of anilines is 3. The Morgan fingerprint density at radius 2 is 1.37 bits per heavy atom. The van der Waals surface area contributed by atoms with Gasteiger partial charge in [0.1, 0.15) is 5.58 Å². The molecule has 5 heterocycles. The number of ether oxygens (including phenoxy) is 1. The molecule has 5 heteroatoms. The van der Waals surface area contributed by atoms with Gasteiger partial charge in [-0.3, -0.25) is 0 Å². The van der Waals surface area contributed by atoms with Crippen LogP contribution in [0.4, 0.5) is 17.1 Å². The molecular weight excluding hydrogens is 527 g/mol. The molecule has 0 saturated carbocycles.